The molecule has 3 nitrogen and oxygen atoms in total. The van der Waals surface area contributed by atoms with Gasteiger partial charge < -0.3 is 15.3 Å². The highest BCUT2D eigenvalue weighted by Crippen LogP contribution is 2.18. The Morgan fingerprint density at radius 2 is 0.824 bits per heavy atom. The molecule has 0 radical (unpaired) electrons. The Hall–Kier alpha value is -1.16. The first-order valence-electron chi connectivity index (χ1n) is 5.07. The van der Waals surface area contributed by atoms with E-state index >= 15 is 0 Å². The molecule has 0 atom stereocenters. The van der Waals surface area contributed by atoms with Crippen molar-refractivity contribution in [2.45, 2.75) is 13.3 Å². The summed E-state index contributed by atoms with van der Waals surface area (Å²) in [7, 11) is 0. The molecule has 0 aliphatic rings. The lowest BCUT2D eigenvalue weighted by atomic mass is 9.88. The summed E-state index contributed by atoms with van der Waals surface area (Å²) in [6.45, 7) is 25.4. The minimum absolute atomic E-state index is 0.156. The van der Waals surface area contributed by atoms with E-state index in [-0.39, 0.29) is 19.8 Å². The van der Waals surface area contributed by atoms with E-state index in [0.717, 1.165) is 0 Å². The van der Waals surface area contributed by atoms with Gasteiger partial charge in [-0.3, -0.25) is 0 Å². The minimum Gasteiger partial charge on any atom is -0.396 e. The van der Waals surface area contributed by atoms with E-state index in [1.165, 1.54) is 0 Å². The van der Waals surface area contributed by atoms with Crippen LogP contribution in [0.15, 0.2) is 52.6 Å². The average Bonchev–Trinajstić information content (AvgIpc) is 2.50. The second kappa shape index (κ2) is 36.4. The zero-order chi connectivity index (χ0) is 15.3. The van der Waals surface area contributed by atoms with Crippen LogP contribution in [0.4, 0.5) is 0 Å². The monoisotopic (exact) mass is 246 g/mol. The third-order valence-corrected chi connectivity index (χ3v) is 1.76. The van der Waals surface area contributed by atoms with Gasteiger partial charge in [-0.15, -0.1) is 52.6 Å². The van der Waals surface area contributed by atoms with Crippen LogP contribution < -0.4 is 0 Å². The Morgan fingerprint density at radius 1 is 0.647 bits per heavy atom. The zero-order valence-electron chi connectivity index (χ0n) is 11.3. The molecule has 17 heavy (non-hydrogen) atoms. The fraction of sp³-hybridized carbons (Fsp3) is 0.429. The van der Waals surface area contributed by atoms with Crippen LogP contribution in [0.3, 0.4) is 0 Å². The lowest BCUT2D eigenvalue weighted by Crippen LogP contribution is -2.32. The number of aliphatic hydroxyl groups is 3. The molecule has 0 aromatic carbocycles. The van der Waals surface area contributed by atoms with Crippen LogP contribution in [0.2, 0.25) is 0 Å². The molecule has 0 bridgehead atoms. The molecular weight excluding hydrogens is 216 g/mol. The molecular formula is C14H30O3. The van der Waals surface area contributed by atoms with Gasteiger partial charge in [0.1, 0.15) is 0 Å². The normalized spacial score (nSPS) is 7.29. The highest BCUT2D eigenvalue weighted by atomic mass is 16.3. The largest absolute Gasteiger partial charge is 0.396 e. The van der Waals surface area contributed by atoms with Crippen molar-refractivity contribution in [3.05, 3.63) is 52.6 Å². The first-order valence-corrected chi connectivity index (χ1v) is 5.07. The van der Waals surface area contributed by atoms with Gasteiger partial charge in [0.15, 0.2) is 0 Å². The Labute approximate surface area is 107 Å². The fourth-order valence-corrected chi connectivity index (χ4v) is 0.485. The van der Waals surface area contributed by atoms with Crippen molar-refractivity contribution in [1.82, 2.24) is 0 Å². The summed E-state index contributed by atoms with van der Waals surface area (Å²) in [5.74, 6) is 0. The summed E-state index contributed by atoms with van der Waals surface area (Å²) in [4.78, 5) is 0. The number of rotatable bonds is 4. The van der Waals surface area contributed by atoms with Crippen molar-refractivity contribution in [2.75, 3.05) is 19.8 Å². The smallest absolute Gasteiger partial charge is 0.0531 e. The molecule has 0 aromatic rings. The zero-order valence-corrected chi connectivity index (χ0v) is 11.3. The second-order valence-corrected chi connectivity index (χ2v) is 2.33. The van der Waals surface area contributed by atoms with Crippen LogP contribution in [-0.2, 0) is 0 Å². The summed E-state index contributed by atoms with van der Waals surface area (Å²) in [5.41, 5.74) is -0.667. The van der Waals surface area contributed by atoms with Gasteiger partial charge in [0.25, 0.3) is 0 Å². The maximum absolute atomic E-state index is 8.66. The molecule has 0 rings (SSSR count). The average molecular weight is 246 g/mol. The summed E-state index contributed by atoms with van der Waals surface area (Å²) >= 11 is 0. The Bertz CT molecular complexity index is 86.5. The highest BCUT2D eigenvalue weighted by molar-refractivity contribution is 4.74. The second-order valence-electron chi connectivity index (χ2n) is 2.33. The topological polar surface area (TPSA) is 60.7 Å². The molecule has 0 spiro atoms. The van der Waals surface area contributed by atoms with Gasteiger partial charge in [-0.2, -0.15) is 0 Å². The van der Waals surface area contributed by atoms with Crippen molar-refractivity contribution in [2.24, 2.45) is 5.41 Å². The molecule has 0 heterocycles. The molecule has 0 fully saturated rings. The van der Waals surface area contributed by atoms with Gasteiger partial charge in [-0.05, 0) is 6.42 Å². The fourth-order valence-electron chi connectivity index (χ4n) is 0.485. The van der Waals surface area contributed by atoms with Gasteiger partial charge in [-0.25, -0.2) is 0 Å². The van der Waals surface area contributed by atoms with Crippen LogP contribution in [0, 0.1) is 5.41 Å². The van der Waals surface area contributed by atoms with E-state index < -0.39 is 5.41 Å². The third kappa shape index (κ3) is 20.8. The van der Waals surface area contributed by atoms with Crippen molar-refractivity contribution in [3.63, 3.8) is 0 Å². The van der Waals surface area contributed by atoms with E-state index in [1.54, 1.807) is 0 Å². The summed E-state index contributed by atoms with van der Waals surface area (Å²) < 4.78 is 0. The molecule has 0 saturated heterocycles. The summed E-state index contributed by atoms with van der Waals surface area (Å²) in [6, 6.07) is 0. The molecule has 0 saturated carbocycles. The van der Waals surface area contributed by atoms with E-state index in [9.17, 15) is 0 Å². The predicted molar refractivity (Wildman–Crippen MR) is 79.0 cm³/mol. The predicted octanol–water partition coefficient (Wildman–Crippen LogP) is 2.57. The number of hydrogen-bond acceptors (Lipinski definition) is 3. The maximum Gasteiger partial charge on any atom is 0.0531 e. The maximum atomic E-state index is 8.66. The quantitative estimate of drug-likeness (QED) is 0.668. The lowest BCUT2D eigenvalue weighted by Gasteiger charge is -2.24. The number of aliphatic hydroxyl groups excluding tert-OH is 3. The minimum atomic E-state index is -0.667. The molecule has 0 aliphatic carbocycles. The van der Waals surface area contributed by atoms with Crippen LogP contribution >= 0.6 is 0 Å². The highest BCUT2D eigenvalue weighted by Gasteiger charge is 2.24. The Balaban J connectivity index is -0.0000000507. The van der Waals surface area contributed by atoms with Gasteiger partial charge in [0, 0.05) is 5.41 Å². The van der Waals surface area contributed by atoms with E-state index in [0.29, 0.717) is 6.42 Å². The van der Waals surface area contributed by atoms with Gasteiger partial charge in [-0.1, -0.05) is 6.92 Å². The van der Waals surface area contributed by atoms with Crippen molar-refractivity contribution in [1.29, 1.82) is 0 Å². The van der Waals surface area contributed by atoms with Crippen LogP contribution in [0.5, 0.6) is 0 Å². The third-order valence-electron chi connectivity index (χ3n) is 1.76. The molecule has 3 heteroatoms. The standard InChI is InChI=1S/C6H14O3.4C2H4/c1-2-6(3-7,4-8)5-9;4*1-2/h7-9H,2-5H2,1H3;4*1-2H2. The van der Waals surface area contributed by atoms with Crippen molar-refractivity contribution < 1.29 is 15.3 Å². The Kier molecular flexibility index (Phi) is 63.5. The first-order chi connectivity index (χ1) is 8.24. The summed E-state index contributed by atoms with van der Waals surface area (Å²) in [6.07, 6.45) is 0.594. The van der Waals surface area contributed by atoms with E-state index in [2.05, 4.69) is 52.6 Å². The molecule has 0 aromatic heterocycles. The van der Waals surface area contributed by atoms with Crippen molar-refractivity contribution >= 4 is 0 Å². The van der Waals surface area contributed by atoms with Crippen LogP contribution in [0.25, 0.3) is 0 Å². The molecule has 0 amide bonds. The lowest BCUT2D eigenvalue weighted by molar-refractivity contribution is 0.00304. The summed E-state index contributed by atoms with van der Waals surface area (Å²) in [5, 5.41) is 26.0. The van der Waals surface area contributed by atoms with Crippen LogP contribution in [-0.4, -0.2) is 35.1 Å². The van der Waals surface area contributed by atoms with Gasteiger partial charge in [0.2, 0.25) is 0 Å². The van der Waals surface area contributed by atoms with E-state index in [1.807, 2.05) is 6.92 Å². The van der Waals surface area contributed by atoms with E-state index in [4.69, 9.17) is 15.3 Å². The molecule has 3 N–H and O–H groups in total. The van der Waals surface area contributed by atoms with Gasteiger partial charge in [0.05, 0.1) is 19.8 Å². The first kappa shape index (κ1) is 29.7. The molecule has 0 unspecified atom stereocenters. The van der Waals surface area contributed by atoms with Crippen molar-refractivity contribution in [3.8, 4) is 0 Å². The SMILES string of the molecule is C=C.C=C.C=C.C=C.CCC(CO)(CO)CO. The molecule has 104 valence electrons. The Morgan fingerprint density at radius 3 is 0.824 bits per heavy atom. The van der Waals surface area contributed by atoms with Gasteiger partial charge >= 0.3 is 0 Å². The molecule has 0 aliphatic heterocycles. The number of hydrogen-bond donors (Lipinski definition) is 3. The van der Waals surface area contributed by atoms with Crippen LogP contribution in [0.1, 0.15) is 13.3 Å².